The number of esters is 1. The minimum atomic E-state index is -3.98. The largest absolute Gasteiger partial charge is 0.468 e. The monoisotopic (exact) mass is 478 g/mol. The summed E-state index contributed by atoms with van der Waals surface area (Å²) in [7, 11) is -0.885. The van der Waals surface area contributed by atoms with E-state index < -0.39 is 33.6 Å². The molecule has 1 fully saturated rings. The molecule has 8 heteroatoms. The molecule has 0 unspecified atom stereocenters. The number of hydrogen-bond acceptors (Lipinski definition) is 6. The fourth-order valence-corrected chi connectivity index (χ4v) is 6.75. The van der Waals surface area contributed by atoms with Gasteiger partial charge in [-0.15, -0.1) is 0 Å². The molecule has 1 saturated heterocycles. The number of aryl methyl sites for hydroxylation is 1. The number of carbonyl (C=O) groups is 1. The Balaban J connectivity index is 1.75. The Labute approximate surface area is 199 Å². The summed E-state index contributed by atoms with van der Waals surface area (Å²) in [6.45, 7) is 1.78. The van der Waals surface area contributed by atoms with Crippen LogP contribution >= 0.6 is 0 Å². The number of sulfonamides is 1. The maximum absolute atomic E-state index is 13.9. The highest BCUT2D eigenvalue weighted by Crippen LogP contribution is 2.60. The molecule has 0 aromatic heterocycles. The maximum atomic E-state index is 13.9. The van der Waals surface area contributed by atoms with Crippen LogP contribution in [-0.4, -0.2) is 40.2 Å². The predicted molar refractivity (Wildman–Crippen MR) is 127 cm³/mol. The first kappa shape index (κ1) is 22.6. The lowest BCUT2D eigenvalue weighted by atomic mass is 9.69. The van der Waals surface area contributed by atoms with Crippen molar-refractivity contribution in [2.75, 3.05) is 25.0 Å². The van der Waals surface area contributed by atoms with Crippen LogP contribution in [0.2, 0.25) is 0 Å². The van der Waals surface area contributed by atoms with Crippen molar-refractivity contribution >= 4 is 21.7 Å². The van der Waals surface area contributed by atoms with Gasteiger partial charge < -0.3 is 4.74 Å². The Hall–Kier alpha value is -3.20. The number of rotatable bonds is 4. The Morgan fingerprint density at radius 2 is 1.65 bits per heavy atom. The number of hydrogen-bond donors (Lipinski definition) is 0. The quantitative estimate of drug-likeness (QED) is 0.527. The molecule has 0 N–H and O–H groups in total. The van der Waals surface area contributed by atoms with E-state index in [1.54, 1.807) is 48.5 Å². The molecule has 2 heterocycles. The van der Waals surface area contributed by atoms with Crippen LogP contribution in [-0.2, 0) is 24.4 Å². The highest BCUT2D eigenvalue weighted by atomic mass is 32.2. The van der Waals surface area contributed by atoms with Crippen molar-refractivity contribution in [2.45, 2.75) is 24.0 Å². The summed E-state index contributed by atoms with van der Waals surface area (Å²) >= 11 is 0. The Morgan fingerprint density at radius 1 is 1.00 bits per heavy atom. The molecule has 2 aliphatic rings. The third kappa shape index (κ3) is 3.25. The molecule has 0 bridgehead atoms. The number of anilines is 1. The summed E-state index contributed by atoms with van der Waals surface area (Å²) in [5, 5.41) is 1.66. The topological polar surface area (TPSA) is 76.2 Å². The zero-order chi connectivity index (χ0) is 24.1. The molecular weight excluding hydrogens is 452 g/mol. The molecule has 0 aliphatic carbocycles. The first-order valence-corrected chi connectivity index (χ1v) is 12.5. The van der Waals surface area contributed by atoms with Crippen molar-refractivity contribution in [1.82, 2.24) is 5.06 Å². The number of fused-ring (bicyclic) bond motifs is 3. The molecule has 34 heavy (non-hydrogen) atoms. The lowest BCUT2D eigenvalue weighted by Gasteiger charge is -2.45. The number of carbonyl (C=O) groups excluding carboxylic acids is 1. The Kier molecular flexibility index (Phi) is 5.47. The van der Waals surface area contributed by atoms with Crippen molar-refractivity contribution in [1.29, 1.82) is 0 Å². The minimum Gasteiger partial charge on any atom is -0.468 e. The fourth-order valence-electron chi connectivity index (χ4n) is 5.21. The number of para-hydroxylation sites is 1. The van der Waals surface area contributed by atoms with Crippen molar-refractivity contribution in [3.05, 3.63) is 95.6 Å². The highest BCUT2D eigenvalue weighted by Gasteiger charge is 2.66. The third-order valence-electron chi connectivity index (χ3n) is 6.77. The van der Waals surface area contributed by atoms with Gasteiger partial charge in [0.2, 0.25) is 0 Å². The lowest BCUT2D eigenvalue weighted by Crippen LogP contribution is -2.54. The second-order valence-electron chi connectivity index (χ2n) is 8.76. The van der Waals surface area contributed by atoms with Gasteiger partial charge in [-0.1, -0.05) is 66.2 Å². The summed E-state index contributed by atoms with van der Waals surface area (Å²) in [5.74, 6) is -0.519. The molecule has 3 aromatic carbocycles. The number of ether oxygens (including phenoxy) is 1. The maximum Gasteiger partial charge on any atom is 0.318 e. The van der Waals surface area contributed by atoms with E-state index in [9.17, 15) is 13.2 Å². The number of benzene rings is 3. The van der Waals surface area contributed by atoms with Gasteiger partial charge >= 0.3 is 5.97 Å². The third-order valence-corrected chi connectivity index (χ3v) is 8.55. The van der Waals surface area contributed by atoms with Gasteiger partial charge in [0.15, 0.2) is 0 Å². The predicted octanol–water partition coefficient (Wildman–Crippen LogP) is 4.02. The van der Waals surface area contributed by atoms with Crippen LogP contribution < -0.4 is 4.31 Å². The highest BCUT2D eigenvalue weighted by molar-refractivity contribution is 7.92. The van der Waals surface area contributed by atoms with Gasteiger partial charge in [0, 0.05) is 7.05 Å². The molecule has 0 radical (unpaired) electrons. The molecule has 0 amide bonds. The van der Waals surface area contributed by atoms with Crippen LogP contribution in [0.4, 0.5) is 5.69 Å². The first-order valence-electron chi connectivity index (χ1n) is 11.0. The summed E-state index contributed by atoms with van der Waals surface area (Å²) in [4.78, 5) is 20.0. The Morgan fingerprint density at radius 3 is 2.32 bits per heavy atom. The Bertz CT molecular complexity index is 1330. The standard InChI is InChI=1S/C26H26N2O5S/c1-18-13-15-20(16-14-18)34(30,31)28-17-26(25(29)32-3)23(21-11-7-8-12-22(21)28)27(2)33-24(26)19-9-5-4-6-10-19/h4-16,23-24H,17H2,1-3H3/t23-,24+,26-/m1/s1. The second kappa shape index (κ2) is 8.23. The van der Waals surface area contributed by atoms with E-state index in [1.165, 1.54) is 11.4 Å². The van der Waals surface area contributed by atoms with E-state index in [0.717, 1.165) is 11.1 Å². The summed E-state index contributed by atoms with van der Waals surface area (Å²) in [6, 6.07) is 22.8. The van der Waals surface area contributed by atoms with Gasteiger partial charge in [0.05, 0.1) is 30.3 Å². The van der Waals surface area contributed by atoms with E-state index in [1.807, 2.05) is 49.4 Å². The van der Waals surface area contributed by atoms with Gasteiger partial charge in [-0.25, -0.2) is 8.42 Å². The van der Waals surface area contributed by atoms with Crippen LogP contribution in [0.3, 0.4) is 0 Å². The van der Waals surface area contributed by atoms with Crippen molar-refractivity contribution < 1.29 is 22.8 Å². The molecule has 176 valence electrons. The van der Waals surface area contributed by atoms with Crippen molar-refractivity contribution in [3.63, 3.8) is 0 Å². The van der Waals surface area contributed by atoms with Gasteiger partial charge in [-0.3, -0.25) is 13.9 Å². The first-order chi connectivity index (χ1) is 16.3. The average molecular weight is 479 g/mol. The van der Waals surface area contributed by atoms with Crippen LogP contribution in [0.1, 0.15) is 28.8 Å². The van der Waals surface area contributed by atoms with Gasteiger partial charge in [0.25, 0.3) is 10.0 Å². The normalized spacial score (nSPS) is 24.4. The summed E-state index contributed by atoms with van der Waals surface area (Å²) < 4.78 is 34.6. The molecule has 5 rings (SSSR count). The summed E-state index contributed by atoms with van der Waals surface area (Å²) in [6.07, 6.45) is -0.736. The van der Waals surface area contributed by atoms with E-state index in [2.05, 4.69) is 0 Å². The van der Waals surface area contributed by atoms with E-state index in [0.29, 0.717) is 11.3 Å². The van der Waals surface area contributed by atoms with Crippen LogP contribution in [0.5, 0.6) is 0 Å². The molecule has 3 atom stereocenters. The molecule has 0 saturated carbocycles. The zero-order valence-electron chi connectivity index (χ0n) is 19.2. The van der Waals surface area contributed by atoms with E-state index >= 15 is 0 Å². The van der Waals surface area contributed by atoms with Gasteiger partial charge in [-0.2, -0.15) is 5.06 Å². The molecule has 0 spiro atoms. The zero-order valence-corrected chi connectivity index (χ0v) is 20.0. The molecule has 7 nitrogen and oxygen atoms in total. The van der Waals surface area contributed by atoms with Gasteiger partial charge in [0.1, 0.15) is 11.5 Å². The molecule has 3 aromatic rings. The number of methoxy groups -OCH3 is 1. The second-order valence-corrected chi connectivity index (χ2v) is 10.6. The van der Waals surface area contributed by atoms with Gasteiger partial charge in [-0.05, 0) is 36.2 Å². The van der Waals surface area contributed by atoms with Crippen LogP contribution in [0.25, 0.3) is 0 Å². The summed E-state index contributed by atoms with van der Waals surface area (Å²) in [5.41, 5.74) is 1.62. The molecular formula is C26H26N2O5S. The average Bonchev–Trinajstić information content (AvgIpc) is 3.17. The van der Waals surface area contributed by atoms with Crippen LogP contribution in [0, 0.1) is 12.3 Å². The minimum absolute atomic E-state index is 0.124. The van der Waals surface area contributed by atoms with E-state index in [4.69, 9.17) is 9.57 Å². The number of nitrogens with zero attached hydrogens (tertiary/aromatic N) is 2. The van der Waals surface area contributed by atoms with E-state index in [-0.39, 0.29) is 11.4 Å². The van der Waals surface area contributed by atoms with Crippen molar-refractivity contribution in [3.8, 4) is 0 Å². The smallest absolute Gasteiger partial charge is 0.318 e. The lowest BCUT2D eigenvalue weighted by molar-refractivity contribution is -0.160. The SMILES string of the molecule is COC(=O)[C@]12CN(S(=O)(=O)c3ccc(C)cc3)c3ccccc3[C@H]1N(C)O[C@H]2c1ccccc1. The molecule has 2 aliphatic heterocycles. The fraction of sp³-hybridized carbons (Fsp3) is 0.269. The number of hydroxylamine groups is 2. The van der Waals surface area contributed by atoms with Crippen LogP contribution in [0.15, 0.2) is 83.8 Å². The van der Waals surface area contributed by atoms with Crippen molar-refractivity contribution in [2.24, 2.45) is 5.41 Å².